The molecule has 220 valence electrons. The normalized spacial score (nSPS) is 20.4. The number of carboxylic acid groups (broad SMARTS) is 1. The first-order valence-electron chi connectivity index (χ1n) is 12.4. The molecule has 3 aliphatic carbocycles. The second-order valence-corrected chi connectivity index (χ2v) is 10.1. The highest BCUT2D eigenvalue weighted by Gasteiger charge is 2.72. The minimum Gasteiger partial charge on any atom is -0.496 e. The molecule has 1 aromatic carbocycles. The third-order valence-electron chi connectivity index (χ3n) is 7.34. The third-order valence-corrected chi connectivity index (χ3v) is 7.34. The molecule has 2 aromatic heterocycles. The Morgan fingerprint density at radius 2 is 1.69 bits per heavy atom. The average molecular weight is 590 g/mol. The van der Waals surface area contributed by atoms with Crippen LogP contribution in [0, 0.1) is 11.2 Å². The number of aromatic nitrogens is 2. The van der Waals surface area contributed by atoms with E-state index in [1.165, 1.54) is 26.5 Å². The first-order chi connectivity index (χ1) is 19.8. The van der Waals surface area contributed by atoms with Crippen molar-refractivity contribution in [3.63, 3.8) is 0 Å². The molecule has 0 unspecified atom stereocenters. The number of pyridine rings is 2. The van der Waals surface area contributed by atoms with Crippen molar-refractivity contribution >= 4 is 35.0 Å². The number of hydrogen-bond donors (Lipinski definition) is 4. The Labute approximate surface area is 235 Å². The van der Waals surface area contributed by atoms with Gasteiger partial charge in [-0.2, -0.15) is 13.2 Å². The van der Waals surface area contributed by atoms with Crippen molar-refractivity contribution in [1.29, 1.82) is 0 Å². The number of amides is 2. The van der Waals surface area contributed by atoms with Crippen molar-refractivity contribution in [3.05, 3.63) is 65.2 Å². The number of nitrogens with zero attached hydrogens (tertiary/aromatic N) is 2. The predicted molar refractivity (Wildman–Crippen MR) is 139 cm³/mol. The van der Waals surface area contributed by atoms with Crippen LogP contribution in [0.25, 0.3) is 0 Å². The first kappa shape index (κ1) is 28.6. The molecule has 0 radical (unpaired) electrons. The Morgan fingerprint density at radius 1 is 0.976 bits per heavy atom. The molecule has 0 spiro atoms. The second kappa shape index (κ2) is 10.2. The lowest BCUT2D eigenvalue weighted by molar-refractivity contribution is -0.186. The zero-order valence-corrected chi connectivity index (χ0v) is 22.1. The van der Waals surface area contributed by atoms with Gasteiger partial charge in [0.15, 0.2) is 0 Å². The maximum absolute atomic E-state index is 13.7. The molecule has 2 heterocycles. The van der Waals surface area contributed by atoms with Gasteiger partial charge in [0.2, 0.25) is 5.88 Å². The molecule has 11 nitrogen and oxygen atoms in total. The molecule has 3 saturated carbocycles. The maximum Gasteiger partial charge on any atom is 0.419 e. The highest BCUT2D eigenvalue weighted by atomic mass is 19.4. The molecule has 0 saturated heterocycles. The van der Waals surface area contributed by atoms with E-state index in [0.29, 0.717) is 31.4 Å². The van der Waals surface area contributed by atoms with Gasteiger partial charge in [-0.15, -0.1) is 0 Å². The molecule has 3 aromatic rings. The number of carboxylic acids is 1. The van der Waals surface area contributed by atoms with E-state index in [1.807, 2.05) is 0 Å². The summed E-state index contributed by atoms with van der Waals surface area (Å²) in [7, 11) is 2.61. The smallest absolute Gasteiger partial charge is 0.419 e. The summed E-state index contributed by atoms with van der Waals surface area (Å²) in [5, 5.41) is 17.4. The van der Waals surface area contributed by atoms with Gasteiger partial charge < -0.3 is 30.5 Å². The van der Waals surface area contributed by atoms with Crippen LogP contribution in [0.15, 0.2) is 42.7 Å². The molecule has 2 bridgehead atoms. The van der Waals surface area contributed by atoms with Crippen LogP contribution in [0.4, 0.5) is 34.8 Å². The van der Waals surface area contributed by atoms with Crippen molar-refractivity contribution in [3.8, 4) is 11.6 Å². The van der Waals surface area contributed by atoms with Gasteiger partial charge in [-0.3, -0.25) is 14.4 Å². The average Bonchev–Trinajstić information content (AvgIpc) is 2.89. The summed E-state index contributed by atoms with van der Waals surface area (Å²) in [5.74, 6) is -3.89. The fourth-order valence-corrected chi connectivity index (χ4v) is 5.37. The van der Waals surface area contributed by atoms with Crippen molar-refractivity contribution in [1.82, 2.24) is 9.97 Å². The lowest BCUT2D eigenvalue weighted by Crippen LogP contribution is -2.73. The predicted octanol–water partition coefficient (Wildman–Crippen LogP) is 4.58. The molecule has 3 fully saturated rings. The van der Waals surface area contributed by atoms with E-state index >= 15 is 0 Å². The summed E-state index contributed by atoms with van der Waals surface area (Å²) < 4.78 is 63.6. The topological polar surface area (TPSA) is 152 Å². The van der Waals surface area contributed by atoms with Crippen molar-refractivity contribution in [2.24, 2.45) is 5.41 Å². The number of methoxy groups -OCH3 is 2. The number of nitrogens with one attached hydrogen (secondary N) is 3. The fraction of sp³-hybridized carbons (Fsp3) is 0.296. The largest absolute Gasteiger partial charge is 0.496 e. The molecular weight excluding hydrogens is 566 g/mol. The number of benzene rings is 1. The van der Waals surface area contributed by atoms with Crippen LogP contribution in [-0.2, 0) is 11.0 Å². The lowest BCUT2D eigenvalue weighted by Gasteiger charge is -2.68. The Morgan fingerprint density at radius 3 is 2.31 bits per heavy atom. The second-order valence-electron chi connectivity index (χ2n) is 10.1. The summed E-state index contributed by atoms with van der Waals surface area (Å²) in [6, 6.07) is 4.57. The summed E-state index contributed by atoms with van der Waals surface area (Å²) >= 11 is 0. The summed E-state index contributed by atoms with van der Waals surface area (Å²) in [6.07, 6.45) is -1.39. The first-order valence-corrected chi connectivity index (χ1v) is 12.4. The number of anilines is 3. The van der Waals surface area contributed by atoms with E-state index in [9.17, 15) is 37.1 Å². The van der Waals surface area contributed by atoms with Gasteiger partial charge in [-0.1, -0.05) is 0 Å². The maximum atomic E-state index is 13.7. The Balaban J connectivity index is 1.42. The Hall–Kier alpha value is -4.95. The number of aliphatic carboxylic acids is 1. The molecule has 3 aliphatic rings. The summed E-state index contributed by atoms with van der Waals surface area (Å²) in [6.45, 7) is 0. The van der Waals surface area contributed by atoms with Gasteiger partial charge >= 0.3 is 12.1 Å². The van der Waals surface area contributed by atoms with Crippen LogP contribution in [0.1, 0.15) is 45.5 Å². The molecular formula is C27H23F4N5O6. The van der Waals surface area contributed by atoms with Crippen LogP contribution in [-0.4, -0.2) is 52.6 Å². The van der Waals surface area contributed by atoms with E-state index in [0.717, 1.165) is 18.3 Å². The SMILES string of the molecule is COc1cc(C(=O)Nc2ccc(F)c(C(F)(F)F)c2)c(NC(=O)c2c(OC)ccnc2NC23CC(C(=O)O)(C2)C3)cn1. The fourth-order valence-electron chi connectivity index (χ4n) is 5.37. The molecule has 15 heteroatoms. The Kier molecular flexibility index (Phi) is 6.91. The van der Waals surface area contributed by atoms with E-state index < -0.39 is 46.3 Å². The van der Waals surface area contributed by atoms with Gasteiger partial charge in [0.05, 0.1) is 42.6 Å². The standard InChI is InChI=1S/C27H23F4N5O6/c1-41-18-5-6-32-21(36-26-10-25(11-26,12-26)24(39)40)20(18)23(38)35-17-9-33-19(42-2)8-14(17)22(37)34-13-3-4-16(28)15(7-13)27(29,30)31/h3-9H,10-12H2,1-2H3,(H,32,36)(H,34,37)(H,35,38)(H,39,40). The van der Waals surface area contributed by atoms with Crippen LogP contribution in [0.2, 0.25) is 0 Å². The number of hydrogen-bond acceptors (Lipinski definition) is 8. The molecule has 6 rings (SSSR count). The van der Waals surface area contributed by atoms with E-state index in [-0.39, 0.29) is 39.9 Å². The highest BCUT2D eigenvalue weighted by Crippen LogP contribution is 2.68. The van der Waals surface area contributed by atoms with E-state index in [1.54, 1.807) is 0 Å². The summed E-state index contributed by atoms with van der Waals surface area (Å²) in [4.78, 5) is 46.5. The summed E-state index contributed by atoms with van der Waals surface area (Å²) in [5.41, 5.74) is -3.63. The zero-order valence-electron chi connectivity index (χ0n) is 22.1. The van der Waals surface area contributed by atoms with Gasteiger partial charge in [-0.05, 0) is 43.5 Å². The van der Waals surface area contributed by atoms with Crippen molar-refractivity contribution in [2.45, 2.75) is 31.0 Å². The van der Waals surface area contributed by atoms with E-state index in [2.05, 4.69) is 25.9 Å². The van der Waals surface area contributed by atoms with Crippen molar-refractivity contribution in [2.75, 3.05) is 30.2 Å². The Bertz CT molecular complexity index is 1590. The molecule has 0 atom stereocenters. The third kappa shape index (κ3) is 5.01. The zero-order chi connectivity index (χ0) is 30.4. The lowest BCUT2D eigenvalue weighted by atomic mass is 9.39. The van der Waals surface area contributed by atoms with Crippen molar-refractivity contribution < 1.29 is 46.5 Å². The highest BCUT2D eigenvalue weighted by molar-refractivity contribution is 6.14. The van der Waals surface area contributed by atoms with Gasteiger partial charge in [0, 0.05) is 23.5 Å². The number of alkyl halides is 3. The van der Waals surface area contributed by atoms with Gasteiger partial charge in [0.1, 0.15) is 22.9 Å². The van der Waals surface area contributed by atoms with Crippen LogP contribution >= 0.6 is 0 Å². The molecule has 0 aliphatic heterocycles. The molecule has 4 N–H and O–H groups in total. The number of ether oxygens (including phenoxy) is 2. The number of carbonyl (C=O) groups excluding carboxylic acids is 2. The minimum atomic E-state index is -4.99. The number of carbonyl (C=O) groups is 3. The molecule has 2 amide bonds. The monoisotopic (exact) mass is 589 g/mol. The van der Waals surface area contributed by atoms with E-state index in [4.69, 9.17) is 9.47 Å². The van der Waals surface area contributed by atoms with Gasteiger partial charge in [0.25, 0.3) is 11.8 Å². The van der Waals surface area contributed by atoms with Crippen LogP contribution in [0.3, 0.4) is 0 Å². The minimum absolute atomic E-state index is 0.0365. The van der Waals surface area contributed by atoms with Gasteiger partial charge in [-0.25, -0.2) is 14.4 Å². The number of halogens is 4. The quantitative estimate of drug-likeness (QED) is 0.263. The van der Waals surface area contributed by atoms with Crippen LogP contribution in [0.5, 0.6) is 11.6 Å². The van der Waals surface area contributed by atoms with Crippen LogP contribution < -0.4 is 25.4 Å². The molecule has 42 heavy (non-hydrogen) atoms. The number of rotatable bonds is 9.